The van der Waals surface area contributed by atoms with Gasteiger partial charge in [-0.1, -0.05) is 11.6 Å². The van der Waals surface area contributed by atoms with E-state index in [1.807, 2.05) is 11.4 Å². The summed E-state index contributed by atoms with van der Waals surface area (Å²) in [5, 5.41) is 1.43. The predicted octanol–water partition coefficient (Wildman–Crippen LogP) is 5.61. The molecule has 90 valence electrons. The van der Waals surface area contributed by atoms with Gasteiger partial charge >= 0.3 is 0 Å². The smallest absolute Gasteiger partial charge is 0.160 e. The van der Waals surface area contributed by atoms with Crippen LogP contribution in [0.2, 0.25) is 5.02 Å². The van der Waals surface area contributed by atoms with E-state index in [1.165, 1.54) is 11.3 Å². The van der Waals surface area contributed by atoms with Crippen LogP contribution in [0.25, 0.3) is 0 Å². The molecule has 0 bridgehead atoms. The summed E-state index contributed by atoms with van der Waals surface area (Å²) in [6.07, 6.45) is 0. The lowest BCUT2D eigenvalue weighted by Crippen LogP contribution is -1.96. The molecule has 0 saturated heterocycles. The van der Waals surface area contributed by atoms with E-state index in [2.05, 4.69) is 22.6 Å². The summed E-state index contributed by atoms with van der Waals surface area (Å²) in [5.41, 5.74) is 1.20. The zero-order chi connectivity index (χ0) is 12.6. The van der Waals surface area contributed by atoms with Crippen molar-refractivity contribution in [2.24, 2.45) is 0 Å². The van der Waals surface area contributed by atoms with Crippen LogP contribution in [-0.4, -0.2) is 0 Å². The van der Waals surface area contributed by atoms with Crippen molar-refractivity contribution < 1.29 is 8.78 Å². The summed E-state index contributed by atoms with van der Waals surface area (Å²) in [6.45, 7) is 0. The molecule has 2 rings (SSSR count). The fourth-order valence-corrected chi connectivity index (χ4v) is 3.46. The van der Waals surface area contributed by atoms with Crippen LogP contribution in [0.1, 0.15) is 16.5 Å². The second kappa shape index (κ2) is 5.38. The second-order valence-corrected chi connectivity index (χ2v) is 6.98. The van der Waals surface area contributed by atoms with Gasteiger partial charge < -0.3 is 0 Å². The molecule has 0 radical (unpaired) electrons. The molecule has 1 atom stereocenters. The summed E-state index contributed by atoms with van der Waals surface area (Å²) < 4.78 is 27.1. The molecular weight excluding hydrogens is 400 g/mol. The van der Waals surface area contributed by atoms with Crippen LogP contribution >= 0.6 is 57.1 Å². The molecule has 1 aromatic carbocycles. The maximum absolute atomic E-state index is 13.1. The van der Waals surface area contributed by atoms with Gasteiger partial charge in [-0.2, -0.15) is 0 Å². The van der Waals surface area contributed by atoms with E-state index >= 15 is 0 Å². The highest BCUT2D eigenvalue weighted by Crippen LogP contribution is 2.36. The number of hydrogen-bond acceptors (Lipinski definition) is 1. The lowest BCUT2D eigenvalue weighted by atomic mass is 10.1. The van der Waals surface area contributed by atoms with Gasteiger partial charge in [0.05, 0.1) is 8.26 Å². The van der Waals surface area contributed by atoms with Crippen molar-refractivity contribution >= 4 is 57.1 Å². The van der Waals surface area contributed by atoms with E-state index in [9.17, 15) is 8.78 Å². The molecular formula is C11H5Cl2F2IS. The van der Waals surface area contributed by atoms with Crippen LogP contribution < -0.4 is 0 Å². The first kappa shape index (κ1) is 13.5. The van der Waals surface area contributed by atoms with E-state index in [1.54, 1.807) is 0 Å². The fraction of sp³-hybridized carbons (Fsp3) is 0.0909. The number of rotatable bonds is 2. The molecule has 0 aliphatic rings. The van der Waals surface area contributed by atoms with Crippen molar-refractivity contribution in [3.63, 3.8) is 0 Å². The van der Waals surface area contributed by atoms with E-state index in [0.29, 0.717) is 5.56 Å². The number of benzene rings is 1. The average molecular weight is 405 g/mol. The Morgan fingerprint density at radius 2 is 1.82 bits per heavy atom. The average Bonchev–Trinajstić information content (AvgIpc) is 2.69. The van der Waals surface area contributed by atoms with Gasteiger partial charge in [0.1, 0.15) is 0 Å². The number of halogens is 5. The van der Waals surface area contributed by atoms with Crippen molar-refractivity contribution in [2.45, 2.75) is 5.38 Å². The minimum Gasteiger partial charge on any atom is -0.204 e. The molecule has 0 fully saturated rings. The van der Waals surface area contributed by atoms with Crippen LogP contribution in [0.5, 0.6) is 0 Å². The Bertz CT molecular complexity index is 556. The van der Waals surface area contributed by atoms with Crippen LogP contribution in [-0.2, 0) is 0 Å². The zero-order valence-corrected chi connectivity index (χ0v) is 12.7. The maximum Gasteiger partial charge on any atom is 0.160 e. The Morgan fingerprint density at radius 3 is 2.41 bits per heavy atom. The van der Waals surface area contributed by atoms with Gasteiger partial charge in [-0.3, -0.25) is 0 Å². The Balaban J connectivity index is 2.43. The second-order valence-electron chi connectivity index (χ2n) is 3.33. The highest BCUT2D eigenvalue weighted by molar-refractivity contribution is 14.1. The molecule has 0 N–H and O–H groups in total. The van der Waals surface area contributed by atoms with Crippen LogP contribution in [0.3, 0.4) is 0 Å². The van der Waals surface area contributed by atoms with Gasteiger partial charge in [0.25, 0.3) is 0 Å². The van der Waals surface area contributed by atoms with Gasteiger partial charge in [0, 0.05) is 5.02 Å². The lowest BCUT2D eigenvalue weighted by molar-refractivity contribution is 0.507. The van der Waals surface area contributed by atoms with Crippen LogP contribution in [0.15, 0.2) is 23.6 Å². The Kier molecular flexibility index (Phi) is 4.28. The van der Waals surface area contributed by atoms with Gasteiger partial charge in [0.2, 0.25) is 0 Å². The Labute approximate surface area is 125 Å². The number of hydrogen-bond donors (Lipinski definition) is 0. The molecule has 0 aliphatic heterocycles. The monoisotopic (exact) mass is 404 g/mol. The van der Waals surface area contributed by atoms with Crippen molar-refractivity contribution in [3.05, 3.63) is 54.2 Å². The van der Waals surface area contributed by atoms with Gasteiger partial charge in [-0.25, -0.2) is 8.78 Å². The molecule has 0 amide bonds. The SMILES string of the molecule is Fc1cc(Cl)c(C(Cl)c2csc(I)c2)cc1F. The van der Waals surface area contributed by atoms with Crippen molar-refractivity contribution in [3.8, 4) is 0 Å². The largest absolute Gasteiger partial charge is 0.204 e. The fourth-order valence-electron chi connectivity index (χ4n) is 1.37. The molecule has 17 heavy (non-hydrogen) atoms. The molecule has 6 heteroatoms. The van der Waals surface area contributed by atoms with Gasteiger partial charge in [0.15, 0.2) is 11.6 Å². The number of alkyl halides is 1. The first-order chi connectivity index (χ1) is 7.99. The predicted molar refractivity (Wildman–Crippen MR) is 76.1 cm³/mol. The van der Waals surface area contributed by atoms with E-state index < -0.39 is 17.0 Å². The van der Waals surface area contributed by atoms with Crippen molar-refractivity contribution in [2.75, 3.05) is 0 Å². The standard InChI is InChI=1S/C11H5Cl2F2IS/c12-7-3-9(15)8(14)2-6(7)11(13)5-1-10(16)17-4-5/h1-4,11H. The zero-order valence-electron chi connectivity index (χ0n) is 8.18. The third-order valence-electron chi connectivity index (χ3n) is 2.19. The van der Waals surface area contributed by atoms with E-state index in [-0.39, 0.29) is 5.02 Å². The molecule has 1 unspecified atom stereocenters. The molecule has 1 heterocycles. The summed E-state index contributed by atoms with van der Waals surface area (Å²) in [7, 11) is 0. The normalized spacial score (nSPS) is 12.8. The van der Waals surface area contributed by atoms with Gasteiger partial charge in [-0.15, -0.1) is 22.9 Å². The maximum atomic E-state index is 13.1. The summed E-state index contributed by atoms with van der Waals surface area (Å²) in [5.74, 6) is -1.91. The molecule has 0 spiro atoms. The topological polar surface area (TPSA) is 0 Å². The molecule has 0 aliphatic carbocycles. The third-order valence-corrected chi connectivity index (χ3v) is 4.81. The first-order valence-corrected chi connectivity index (χ1v) is 7.28. The quantitative estimate of drug-likeness (QED) is 0.346. The Hall–Kier alpha value is 0.0900. The third kappa shape index (κ3) is 2.92. The molecule has 0 nitrogen and oxygen atoms in total. The molecule has 2 aromatic rings. The van der Waals surface area contributed by atoms with Gasteiger partial charge in [-0.05, 0) is 57.3 Å². The minimum atomic E-state index is -0.970. The molecule has 0 saturated carbocycles. The summed E-state index contributed by atoms with van der Waals surface area (Å²) in [4.78, 5) is 0. The molecule has 1 aromatic heterocycles. The minimum absolute atomic E-state index is 0.130. The number of thiophene rings is 1. The Morgan fingerprint density at radius 1 is 1.18 bits per heavy atom. The lowest BCUT2D eigenvalue weighted by Gasteiger charge is -2.10. The first-order valence-electron chi connectivity index (χ1n) is 4.51. The van der Waals surface area contributed by atoms with Crippen LogP contribution in [0, 0.1) is 14.5 Å². The van der Waals surface area contributed by atoms with E-state index in [4.69, 9.17) is 23.2 Å². The van der Waals surface area contributed by atoms with Crippen LogP contribution in [0.4, 0.5) is 8.78 Å². The van der Waals surface area contributed by atoms with Crippen molar-refractivity contribution in [1.29, 1.82) is 0 Å². The van der Waals surface area contributed by atoms with E-state index in [0.717, 1.165) is 20.6 Å². The highest BCUT2D eigenvalue weighted by Gasteiger charge is 2.18. The summed E-state index contributed by atoms with van der Waals surface area (Å²) in [6, 6.07) is 3.87. The summed E-state index contributed by atoms with van der Waals surface area (Å²) >= 11 is 15.8. The highest BCUT2D eigenvalue weighted by atomic mass is 127. The van der Waals surface area contributed by atoms with Crippen molar-refractivity contribution in [1.82, 2.24) is 0 Å².